The van der Waals surface area contributed by atoms with Gasteiger partial charge < -0.3 is 0 Å². The highest BCUT2D eigenvalue weighted by atomic mass is 35.5. The molecule has 0 aromatic heterocycles. The normalized spacial score (nSPS) is 47.9. The van der Waals surface area contributed by atoms with Crippen molar-refractivity contribution in [2.45, 2.75) is 32.3 Å². The molecule has 0 amide bonds. The zero-order chi connectivity index (χ0) is 11.5. The third kappa shape index (κ3) is 3.23. The fourth-order valence-electron chi connectivity index (χ4n) is 1.05. The first kappa shape index (κ1) is 15.5. The van der Waals surface area contributed by atoms with E-state index in [9.17, 15) is 0 Å². The van der Waals surface area contributed by atoms with Crippen LogP contribution in [0.15, 0.2) is 13.2 Å². The Kier molecular flexibility index (Phi) is 7.67. The van der Waals surface area contributed by atoms with Crippen LogP contribution in [-0.2, 0) is 0 Å². The fourth-order valence-corrected chi connectivity index (χ4v) is 3.38. The van der Waals surface area contributed by atoms with Gasteiger partial charge in [-0.05, 0) is 0 Å². The van der Waals surface area contributed by atoms with E-state index in [0.29, 0.717) is 0 Å². The largest absolute Gasteiger partial charge is 0.120 e. The Morgan fingerprint density at radius 3 is 0.571 bits per heavy atom. The summed E-state index contributed by atoms with van der Waals surface area (Å²) in [5.41, 5.74) is 0. The SMILES string of the molecule is C=C.ClC1C(Cl)C(Cl)C(Cl)C(Cl)C1Cl. The third-order valence-electron chi connectivity index (χ3n) is 1.83. The molecule has 14 heavy (non-hydrogen) atoms. The monoisotopic (exact) mass is 316 g/mol. The van der Waals surface area contributed by atoms with E-state index in [2.05, 4.69) is 13.2 Å². The van der Waals surface area contributed by atoms with E-state index >= 15 is 0 Å². The van der Waals surface area contributed by atoms with Gasteiger partial charge in [-0.3, -0.25) is 0 Å². The van der Waals surface area contributed by atoms with Crippen LogP contribution in [-0.4, -0.2) is 32.3 Å². The van der Waals surface area contributed by atoms with Gasteiger partial charge in [-0.25, -0.2) is 0 Å². The molecule has 1 fully saturated rings. The molecule has 6 heteroatoms. The minimum Gasteiger partial charge on any atom is -0.120 e. The first-order valence-electron chi connectivity index (χ1n) is 3.81. The summed E-state index contributed by atoms with van der Waals surface area (Å²) in [7, 11) is 0. The van der Waals surface area contributed by atoms with E-state index in [1.54, 1.807) is 0 Å². The molecule has 0 unspecified atom stereocenters. The molecule has 0 spiro atoms. The minimum atomic E-state index is -0.437. The second-order valence-electron chi connectivity index (χ2n) is 2.67. The van der Waals surface area contributed by atoms with Gasteiger partial charge in [-0.1, -0.05) is 0 Å². The van der Waals surface area contributed by atoms with Gasteiger partial charge in [-0.15, -0.1) is 82.8 Å². The molecular weight excluding hydrogens is 309 g/mol. The summed E-state index contributed by atoms with van der Waals surface area (Å²) in [5, 5.41) is -2.62. The second-order valence-corrected chi connectivity index (χ2v) is 5.69. The molecule has 0 radical (unpaired) electrons. The number of hydrogen-bond acceptors (Lipinski definition) is 0. The third-order valence-corrected chi connectivity index (χ3v) is 5.86. The lowest BCUT2D eigenvalue weighted by molar-refractivity contribution is 0.544. The van der Waals surface area contributed by atoms with Crippen LogP contribution in [0.4, 0.5) is 0 Å². The van der Waals surface area contributed by atoms with Crippen LogP contribution >= 0.6 is 69.6 Å². The Balaban J connectivity index is 0.000000791. The Hall–Kier alpha value is 1.48. The van der Waals surface area contributed by atoms with Gasteiger partial charge >= 0.3 is 0 Å². The molecule has 0 aromatic carbocycles. The van der Waals surface area contributed by atoms with Crippen molar-refractivity contribution in [3.05, 3.63) is 13.2 Å². The molecule has 84 valence electrons. The lowest BCUT2D eigenvalue weighted by Crippen LogP contribution is -2.52. The van der Waals surface area contributed by atoms with Gasteiger partial charge in [0.1, 0.15) is 0 Å². The van der Waals surface area contributed by atoms with Gasteiger partial charge in [0, 0.05) is 0 Å². The predicted molar refractivity (Wildman–Crippen MR) is 69.1 cm³/mol. The van der Waals surface area contributed by atoms with Gasteiger partial charge in [0.15, 0.2) is 0 Å². The maximum absolute atomic E-state index is 5.88. The summed E-state index contributed by atoms with van der Waals surface area (Å²) in [6.07, 6.45) is 0. The summed E-state index contributed by atoms with van der Waals surface area (Å²) < 4.78 is 0. The number of hydrogen-bond donors (Lipinski definition) is 0. The molecule has 0 aromatic rings. The van der Waals surface area contributed by atoms with Gasteiger partial charge in [0.25, 0.3) is 0 Å². The van der Waals surface area contributed by atoms with Crippen LogP contribution < -0.4 is 0 Å². The summed E-state index contributed by atoms with van der Waals surface area (Å²) in [5.74, 6) is 0. The smallest absolute Gasteiger partial charge is 0.0693 e. The predicted octanol–water partition coefficient (Wildman–Crippen LogP) is 4.45. The Morgan fingerprint density at radius 2 is 0.500 bits per heavy atom. The van der Waals surface area contributed by atoms with Crippen LogP contribution in [0.3, 0.4) is 0 Å². The fraction of sp³-hybridized carbons (Fsp3) is 0.750. The number of halogens is 6. The molecule has 0 heterocycles. The zero-order valence-electron chi connectivity index (χ0n) is 7.15. The molecule has 1 rings (SSSR count). The van der Waals surface area contributed by atoms with Crippen molar-refractivity contribution in [1.82, 2.24) is 0 Å². The van der Waals surface area contributed by atoms with E-state index < -0.39 is 32.3 Å². The summed E-state index contributed by atoms with van der Waals surface area (Å²) in [6.45, 7) is 6.00. The first-order chi connectivity index (χ1) is 6.46. The van der Waals surface area contributed by atoms with E-state index in [1.165, 1.54) is 0 Å². The lowest BCUT2D eigenvalue weighted by atomic mass is 9.97. The molecule has 0 atom stereocenters. The molecule has 1 aliphatic rings. The van der Waals surface area contributed by atoms with Crippen molar-refractivity contribution in [3.63, 3.8) is 0 Å². The average Bonchev–Trinajstić information content (AvgIpc) is 2.24. The molecular formula is C8H10Cl6. The number of rotatable bonds is 0. The lowest BCUT2D eigenvalue weighted by Gasteiger charge is -2.37. The van der Waals surface area contributed by atoms with E-state index in [1.807, 2.05) is 0 Å². The maximum atomic E-state index is 5.88. The van der Waals surface area contributed by atoms with Crippen molar-refractivity contribution in [2.75, 3.05) is 0 Å². The highest BCUT2D eigenvalue weighted by Crippen LogP contribution is 2.39. The van der Waals surface area contributed by atoms with Crippen molar-refractivity contribution in [3.8, 4) is 0 Å². The van der Waals surface area contributed by atoms with Crippen molar-refractivity contribution >= 4 is 69.6 Å². The van der Waals surface area contributed by atoms with Crippen molar-refractivity contribution in [2.24, 2.45) is 0 Å². The summed E-state index contributed by atoms with van der Waals surface area (Å²) in [4.78, 5) is 0. The highest BCUT2D eigenvalue weighted by molar-refractivity contribution is 6.45. The Bertz CT molecular complexity index is 117. The van der Waals surface area contributed by atoms with Crippen molar-refractivity contribution < 1.29 is 0 Å². The summed E-state index contributed by atoms with van der Waals surface area (Å²) >= 11 is 35.3. The van der Waals surface area contributed by atoms with Crippen LogP contribution in [0.5, 0.6) is 0 Å². The zero-order valence-corrected chi connectivity index (χ0v) is 11.7. The first-order valence-corrected chi connectivity index (χ1v) is 6.43. The highest BCUT2D eigenvalue weighted by Gasteiger charge is 2.46. The van der Waals surface area contributed by atoms with Gasteiger partial charge in [0.2, 0.25) is 0 Å². The second kappa shape index (κ2) is 6.93. The molecule has 1 saturated carbocycles. The van der Waals surface area contributed by atoms with Crippen LogP contribution in [0.25, 0.3) is 0 Å². The van der Waals surface area contributed by atoms with Gasteiger partial charge in [0.05, 0.1) is 32.3 Å². The standard InChI is InChI=1S/C6H6Cl6.C2H4/c7-1-2(8)4(10)6(12)5(11)3(1)9;1-2/h1-6H;1-2H2. The van der Waals surface area contributed by atoms with Crippen LogP contribution in [0.1, 0.15) is 0 Å². The van der Waals surface area contributed by atoms with E-state index in [0.717, 1.165) is 0 Å². The molecule has 0 aliphatic heterocycles. The quantitative estimate of drug-likeness (QED) is 0.457. The topological polar surface area (TPSA) is 0 Å². The van der Waals surface area contributed by atoms with Gasteiger partial charge in [-0.2, -0.15) is 0 Å². The molecule has 0 bridgehead atoms. The average molecular weight is 319 g/mol. The minimum absolute atomic E-state index is 0.437. The Labute approximate surface area is 114 Å². The van der Waals surface area contributed by atoms with Crippen LogP contribution in [0, 0.1) is 0 Å². The molecule has 1 aliphatic carbocycles. The van der Waals surface area contributed by atoms with E-state index in [-0.39, 0.29) is 0 Å². The van der Waals surface area contributed by atoms with Crippen LogP contribution in [0.2, 0.25) is 0 Å². The molecule has 0 nitrogen and oxygen atoms in total. The molecule has 0 N–H and O–H groups in total. The van der Waals surface area contributed by atoms with Crippen molar-refractivity contribution in [1.29, 1.82) is 0 Å². The Morgan fingerprint density at radius 1 is 0.429 bits per heavy atom. The molecule has 0 saturated heterocycles. The maximum Gasteiger partial charge on any atom is 0.0693 e. The van der Waals surface area contributed by atoms with E-state index in [4.69, 9.17) is 69.6 Å². The number of alkyl halides is 6. The summed E-state index contributed by atoms with van der Waals surface area (Å²) in [6, 6.07) is 0.